The second-order valence-electron chi connectivity index (χ2n) is 9.65. The summed E-state index contributed by atoms with van der Waals surface area (Å²) in [6.07, 6.45) is 3.46. The smallest absolute Gasteiger partial charge is 0.263 e. The van der Waals surface area contributed by atoms with Gasteiger partial charge in [-0.15, -0.1) is 16.4 Å². The van der Waals surface area contributed by atoms with E-state index >= 15 is 0 Å². The van der Waals surface area contributed by atoms with Crippen molar-refractivity contribution >= 4 is 49.1 Å². The number of H-pyrrole nitrogens is 1. The van der Waals surface area contributed by atoms with Gasteiger partial charge in [0.1, 0.15) is 16.6 Å². The highest BCUT2D eigenvalue weighted by atomic mass is 32.2. The van der Waals surface area contributed by atoms with E-state index in [2.05, 4.69) is 20.7 Å². The number of sulfonamides is 2. The summed E-state index contributed by atoms with van der Waals surface area (Å²) in [6, 6.07) is 11.3. The van der Waals surface area contributed by atoms with Gasteiger partial charge in [-0.1, -0.05) is 42.1 Å². The molecule has 4 heterocycles. The Balaban J connectivity index is 1.31. The van der Waals surface area contributed by atoms with Crippen molar-refractivity contribution in [3.8, 4) is 10.4 Å². The summed E-state index contributed by atoms with van der Waals surface area (Å²) < 4.78 is 62.0. The lowest BCUT2D eigenvalue weighted by Gasteiger charge is -2.38. The summed E-state index contributed by atoms with van der Waals surface area (Å²) in [6.45, 7) is -0.118. The van der Waals surface area contributed by atoms with E-state index < -0.39 is 38.3 Å². The van der Waals surface area contributed by atoms with Crippen LogP contribution in [0.15, 0.2) is 58.2 Å². The second kappa shape index (κ2) is 13.9. The maximum Gasteiger partial charge on any atom is 0.263 e. The Morgan fingerprint density at radius 1 is 1.14 bits per heavy atom. The minimum atomic E-state index is -4.14. The monoisotopic (exact) mass is 656 g/mol. The molecule has 0 radical (unpaired) electrons. The molecule has 2 N–H and O–H groups in total. The Kier molecular flexibility index (Phi) is 10.3. The van der Waals surface area contributed by atoms with Gasteiger partial charge in [0.25, 0.3) is 15.9 Å². The molecule has 2 aliphatic rings. The summed E-state index contributed by atoms with van der Waals surface area (Å²) in [5, 5.41) is 7.06. The molecular weight excluding hydrogens is 625 g/mol. The molecule has 1 aromatic carbocycles. The zero-order chi connectivity index (χ0) is 29.6. The molecule has 2 aromatic heterocycles. The highest BCUT2D eigenvalue weighted by molar-refractivity contribution is 7.99. The van der Waals surface area contributed by atoms with Gasteiger partial charge in [-0.3, -0.25) is 9.89 Å². The molecule has 5 rings (SSSR count). The molecule has 0 aliphatic carbocycles. The predicted octanol–water partition coefficient (Wildman–Crippen LogP) is 2.29. The fourth-order valence-corrected chi connectivity index (χ4v) is 10.0. The Morgan fingerprint density at radius 2 is 1.98 bits per heavy atom. The topological polar surface area (TPSA) is 164 Å². The van der Waals surface area contributed by atoms with Crippen LogP contribution in [0, 0.1) is 0 Å². The lowest BCUT2D eigenvalue weighted by atomic mass is 10.2. The largest absolute Gasteiger partial charge is 0.350 e. The number of nitrogens with one attached hydrogen (secondary N) is 2. The maximum absolute atomic E-state index is 13.8. The number of carbonyl (C=O) groups excluding carboxylic acids is 1. The molecule has 1 unspecified atom stereocenters. The maximum atomic E-state index is 13.8. The van der Waals surface area contributed by atoms with Crippen molar-refractivity contribution in [2.45, 2.75) is 47.4 Å². The first-order chi connectivity index (χ1) is 20.2. The van der Waals surface area contributed by atoms with E-state index in [1.54, 1.807) is 6.07 Å². The third kappa shape index (κ3) is 7.57. The number of benzene rings is 1. The highest BCUT2D eigenvalue weighted by Gasteiger charge is 2.43. The first kappa shape index (κ1) is 31.1. The van der Waals surface area contributed by atoms with Gasteiger partial charge in [-0.2, -0.15) is 8.61 Å². The van der Waals surface area contributed by atoms with Gasteiger partial charge >= 0.3 is 0 Å². The predicted molar refractivity (Wildman–Crippen MR) is 157 cm³/mol. The number of aromatic nitrogens is 3. The molecule has 2 fully saturated rings. The minimum Gasteiger partial charge on any atom is -0.350 e. The van der Waals surface area contributed by atoms with Crippen LogP contribution in [-0.4, -0.2) is 96.6 Å². The Morgan fingerprint density at radius 3 is 2.71 bits per heavy atom. The highest BCUT2D eigenvalue weighted by Crippen LogP contribution is 2.34. The molecule has 0 bridgehead atoms. The molecule has 0 spiro atoms. The second-order valence-corrected chi connectivity index (χ2v) is 16.0. The molecule has 42 heavy (non-hydrogen) atoms. The number of ether oxygens (including phenoxy) is 1. The first-order valence-electron chi connectivity index (χ1n) is 13.4. The number of thioether (sulfide) groups is 1. The minimum absolute atomic E-state index is 0.0657. The molecule has 0 saturated carbocycles. The van der Waals surface area contributed by atoms with Crippen LogP contribution in [0.5, 0.6) is 0 Å². The number of hydroxylamine groups is 1. The van der Waals surface area contributed by atoms with Crippen molar-refractivity contribution in [1.29, 1.82) is 0 Å². The summed E-state index contributed by atoms with van der Waals surface area (Å²) >= 11 is 2.42. The normalized spacial score (nSPS) is 20.9. The van der Waals surface area contributed by atoms with Gasteiger partial charge in [0.2, 0.25) is 15.2 Å². The summed E-state index contributed by atoms with van der Waals surface area (Å²) in [5.74, 6) is -0.441. The molecule has 1 amide bonds. The van der Waals surface area contributed by atoms with Crippen LogP contribution in [0.4, 0.5) is 0 Å². The summed E-state index contributed by atoms with van der Waals surface area (Å²) in [7, 11) is -7.92. The van der Waals surface area contributed by atoms with Gasteiger partial charge in [0.15, 0.2) is 6.29 Å². The first-order valence-corrected chi connectivity index (χ1v) is 18.3. The van der Waals surface area contributed by atoms with E-state index in [1.807, 2.05) is 30.3 Å². The average Bonchev–Trinajstić information content (AvgIpc) is 3.72. The number of hydrogen-bond acceptors (Lipinski definition) is 11. The standard InChI is InChI=1S/C25H32N6O7S4/c32-24(29-38-22-9-4-5-14-37-22)20-17-30(41(33,34)16-6-15-39-25-26-18-27-28-25)12-13-31(20)42(35,36)23-11-10-21(40-23)19-7-2-1-3-8-19/h1-3,7-8,10-11,18,20,22H,4-6,9,12-17H2,(H,29,32)(H,26,27,28)/t20-,22?/m1/s1. The van der Waals surface area contributed by atoms with Crippen LogP contribution in [0.25, 0.3) is 10.4 Å². The molecule has 3 aromatic rings. The van der Waals surface area contributed by atoms with Gasteiger partial charge in [-0.25, -0.2) is 32.1 Å². The fourth-order valence-electron chi connectivity index (χ4n) is 4.62. The van der Waals surface area contributed by atoms with Gasteiger partial charge < -0.3 is 4.74 Å². The van der Waals surface area contributed by atoms with Crippen LogP contribution in [0.1, 0.15) is 25.7 Å². The van der Waals surface area contributed by atoms with Crippen molar-refractivity contribution in [2.24, 2.45) is 0 Å². The quantitative estimate of drug-likeness (QED) is 0.168. The van der Waals surface area contributed by atoms with E-state index in [9.17, 15) is 21.6 Å². The number of nitrogens with zero attached hydrogens (tertiary/aromatic N) is 4. The van der Waals surface area contributed by atoms with E-state index in [0.29, 0.717) is 30.4 Å². The molecule has 228 valence electrons. The number of carbonyl (C=O) groups is 1. The summed E-state index contributed by atoms with van der Waals surface area (Å²) in [5.41, 5.74) is 3.21. The molecule has 2 atom stereocenters. The summed E-state index contributed by atoms with van der Waals surface area (Å²) in [4.78, 5) is 23.6. The number of thiophene rings is 1. The van der Waals surface area contributed by atoms with E-state index in [4.69, 9.17) is 9.57 Å². The lowest BCUT2D eigenvalue weighted by molar-refractivity contribution is -0.202. The lowest BCUT2D eigenvalue weighted by Crippen LogP contribution is -2.61. The average molecular weight is 657 g/mol. The van der Waals surface area contributed by atoms with Crippen LogP contribution >= 0.6 is 23.1 Å². The number of piperazine rings is 1. The molecule has 17 heteroatoms. The van der Waals surface area contributed by atoms with E-state index in [1.165, 1.54) is 28.5 Å². The zero-order valence-corrected chi connectivity index (χ0v) is 25.9. The Hall–Kier alpha value is -2.38. The number of amides is 1. The van der Waals surface area contributed by atoms with Crippen LogP contribution in [0.2, 0.25) is 0 Å². The van der Waals surface area contributed by atoms with Crippen LogP contribution < -0.4 is 5.48 Å². The SMILES string of the molecule is O=C(NOC1CCCCO1)[C@H]1CN(S(=O)(=O)CCCSc2nc[nH]n2)CCN1S(=O)(=O)c1ccc(-c2ccccc2)s1. The fraction of sp³-hybridized carbons (Fsp3) is 0.480. The van der Waals surface area contributed by atoms with Gasteiger partial charge in [0.05, 0.1) is 5.75 Å². The number of hydrogen-bond donors (Lipinski definition) is 2. The van der Waals surface area contributed by atoms with E-state index in [-0.39, 0.29) is 29.6 Å². The van der Waals surface area contributed by atoms with Gasteiger partial charge in [0, 0.05) is 43.3 Å². The van der Waals surface area contributed by atoms with E-state index in [0.717, 1.165) is 38.9 Å². The Labute approximate surface area is 253 Å². The molecule has 13 nitrogen and oxygen atoms in total. The van der Waals surface area contributed by atoms with Crippen molar-refractivity contribution in [3.05, 3.63) is 48.8 Å². The van der Waals surface area contributed by atoms with Crippen LogP contribution in [-0.2, 0) is 34.4 Å². The third-order valence-corrected chi connectivity index (χ3v) is 13.2. The van der Waals surface area contributed by atoms with Gasteiger partial charge in [-0.05, 0) is 37.0 Å². The molecule has 2 aliphatic heterocycles. The third-order valence-electron chi connectivity index (χ3n) is 6.79. The molecule has 2 saturated heterocycles. The Bertz CT molecular complexity index is 1530. The van der Waals surface area contributed by atoms with Crippen molar-refractivity contribution < 1.29 is 31.2 Å². The number of rotatable bonds is 12. The van der Waals surface area contributed by atoms with Crippen molar-refractivity contribution in [3.63, 3.8) is 0 Å². The zero-order valence-electron chi connectivity index (χ0n) is 22.6. The number of aromatic amines is 1. The van der Waals surface area contributed by atoms with Crippen LogP contribution in [0.3, 0.4) is 0 Å². The van der Waals surface area contributed by atoms with Crippen molar-refractivity contribution in [1.82, 2.24) is 29.3 Å². The molecular formula is C25H32N6O7S4. The van der Waals surface area contributed by atoms with Crippen molar-refractivity contribution in [2.75, 3.05) is 37.7 Å².